The summed E-state index contributed by atoms with van der Waals surface area (Å²) in [5.74, 6) is -0.452. The molecule has 0 saturated carbocycles. The van der Waals surface area contributed by atoms with Crippen LogP contribution >= 0.6 is 23.2 Å². The minimum Gasteiger partial charge on any atom is -0.368 e. The van der Waals surface area contributed by atoms with E-state index in [1.54, 1.807) is 0 Å². The van der Waals surface area contributed by atoms with Gasteiger partial charge in [-0.2, -0.15) is 0 Å². The minimum absolute atomic E-state index is 0.0741. The third-order valence-electron chi connectivity index (χ3n) is 1.73. The van der Waals surface area contributed by atoms with Gasteiger partial charge in [-0.1, -0.05) is 23.2 Å². The summed E-state index contributed by atoms with van der Waals surface area (Å²) in [5, 5.41) is 0.536. The molecule has 1 heterocycles. The van der Waals surface area contributed by atoms with E-state index in [0.717, 1.165) is 0 Å². The molecule has 4 heteroatoms. The van der Waals surface area contributed by atoms with E-state index in [1.165, 1.54) is 12.1 Å². The first-order valence-electron chi connectivity index (χ1n) is 3.45. The third-order valence-corrected chi connectivity index (χ3v) is 2.45. The Morgan fingerprint density at radius 2 is 2.08 bits per heavy atom. The Morgan fingerprint density at radius 3 is 2.67 bits per heavy atom. The second-order valence-electron chi connectivity index (χ2n) is 2.58. The van der Waals surface area contributed by atoms with Gasteiger partial charge in [0, 0.05) is 10.6 Å². The maximum Gasteiger partial charge on any atom is 0.142 e. The van der Waals surface area contributed by atoms with Crippen LogP contribution in [0.5, 0.6) is 0 Å². The van der Waals surface area contributed by atoms with Crippen molar-refractivity contribution in [2.45, 2.75) is 6.10 Å². The maximum atomic E-state index is 12.9. The van der Waals surface area contributed by atoms with Gasteiger partial charge >= 0.3 is 0 Å². The van der Waals surface area contributed by atoms with E-state index in [0.29, 0.717) is 17.2 Å². The summed E-state index contributed by atoms with van der Waals surface area (Å²) in [7, 11) is 0. The zero-order valence-corrected chi connectivity index (χ0v) is 7.49. The highest BCUT2D eigenvalue weighted by atomic mass is 35.5. The summed E-state index contributed by atoms with van der Waals surface area (Å²) in [6.45, 7) is 0.572. The van der Waals surface area contributed by atoms with Gasteiger partial charge in [0.05, 0.1) is 11.6 Å². The summed E-state index contributed by atoms with van der Waals surface area (Å²) >= 11 is 11.5. The van der Waals surface area contributed by atoms with Gasteiger partial charge in [0.1, 0.15) is 11.9 Å². The maximum absolute atomic E-state index is 12.9. The number of rotatable bonds is 1. The molecule has 1 aromatic rings. The normalized spacial score (nSPS) is 21.1. The van der Waals surface area contributed by atoms with Gasteiger partial charge in [0.25, 0.3) is 0 Å². The van der Waals surface area contributed by atoms with E-state index in [9.17, 15) is 4.39 Å². The molecule has 0 spiro atoms. The fraction of sp³-hybridized carbons (Fsp3) is 0.250. The number of halogens is 3. The van der Waals surface area contributed by atoms with E-state index < -0.39 is 5.82 Å². The number of ether oxygens (including phenoxy) is 1. The van der Waals surface area contributed by atoms with Crippen molar-refractivity contribution >= 4 is 23.2 Å². The minimum atomic E-state index is -0.452. The molecule has 1 nitrogen and oxygen atoms in total. The Balaban J connectivity index is 2.55. The predicted molar refractivity (Wildman–Crippen MR) is 45.1 cm³/mol. The van der Waals surface area contributed by atoms with E-state index in [4.69, 9.17) is 27.9 Å². The molecule has 1 fully saturated rings. The molecule has 0 amide bonds. The van der Waals surface area contributed by atoms with Crippen LogP contribution < -0.4 is 0 Å². The summed E-state index contributed by atoms with van der Waals surface area (Å²) < 4.78 is 17.9. The third kappa shape index (κ3) is 1.30. The smallest absolute Gasteiger partial charge is 0.142 e. The van der Waals surface area contributed by atoms with Crippen molar-refractivity contribution in [1.82, 2.24) is 0 Å². The molecule has 0 bridgehead atoms. The largest absolute Gasteiger partial charge is 0.368 e. The molecule has 1 atom stereocenters. The van der Waals surface area contributed by atoms with Gasteiger partial charge in [-0.3, -0.25) is 0 Å². The average molecular weight is 207 g/mol. The van der Waals surface area contributed by atoms with Crippen LogP contribution in [0, 0.1) is 5.82 Å². The van der Waals surface area contributed by atoms with E-state index in [1.807, 2.05) is 0 Å². The highest BCUT2D eigenvalue weighted by Gasteiger charge is 2.30. The van der Waals surface area contributed by atoms with E-state index in [-0.39, 0.29) is 11.1 Å². The van der Waals surface area contributed by atoms with Crippen LogP contribution in [0.4, 0.5) is 4.39 Å². The highest BCUT2D eigenvalue weighted by molar-refractivity contribution is 6.36. The SMILES string of the molecule is Fc1ccc(Cl)c(C2CO2)c1Cl. The Labute approximate surface area is 79.0 Å². The zero-order valence-electron chi connectivity index (χ0n) is 5.98. The van der Waals surface area contributed by atoms with Crippen LogP contribution in [0.1, 0.15) is 11.7 Å². The molecular formula is C8H5Cl2FO. The van der Waals surface area contributed by atoms with Crippen molar-refractivity contribution in [2.75, 3.05) is 6.61 Å². The fourth-order valence-electron chi connectivity index (χ4n) is 1.05. The summed E-state index contributed by atoms with van der Waals surface area (Å²) in [4.78, 5) is 0. The van der Waals surface area contributed by atoms with Crippen LogP contribution in [0.2, 0.25) is 10.0 Å². The fourth-order valence-corrected chi connectivity index (χ4v) is 1.67. The van der Waals surface area contributed by atoms with Gasteiger partial charge in [-0.15, -0.1) is 0 Å². The molecule has 1 aliphatic rings. The number of epoxide rings is 1. The molecule has 0 aliphatic carbocycles. The first kappa shape index (κ1) is 8.30. The van der Waals surface area contributed by atoms with Crippen LogP contribution in [-0.4, -0.2) is 6.61 Å². The van der Waals surface area contributed by atoms with Crippen LogP contribution in [0.25, 0.3) is 0 Å². The molecule has 1 unspecified atom stereocenters. The molecule has 12 heavy (non-hydrogen) atoms. The molecule has 0 N–H and O–H groups in total. The Morgan fingerprint density at radius 1 is 1.42 bits per heavy atom. The molecule has 0 radical (unpaired) electrons. The second kappa shape index (κ2) is 2.87. The number of benzene rings is 1. The van der Waals surface area contributed by atoms with Crippen molar-refractivity contribution in [1.29, 1.82) is 0 Å². The van der Waals surface area contributed by atoms with Crippen molar-refractivity contribution in [3.8, 4) is 0 Å². The Kier molecular flexibility index (Phi) is 1.99. The van der Waals surface area contributed by atoms with Crippen molar-refractivity contribution in [3.63, 3.8) is 0 Å². The molecule has 1 saturated heterocycles. The van der Waals surface area contributed by atoms with Crippen molar-refractivity contribution in [2.24, 2.45) is 0 Å². The second-order valence-corrected chi connectivity index (χ2v) is 3.36. The Bertz CT molecular complexity index is 323. The van der Waals surface area contributed by atoms with Crippen LogP contribution in [-0.2, 0) is 4.74 Å². The quantitative estimate of drug-likeness (QED) is 0.508. The van der Waals surface area contributed by atoms with Gasteiger partial charge < -0.3 is 4.74 Å². The van der Waals surface area contributed by atoms with Crippen molar-refractivity contribution in [3.05, 3.63) is 33.6 Å². The van der Waals surface area contributed by atoms with E-state index in [2.05, 4.69) is 0 Å². The predicted octanol–water partition coefficient (Wildman–Crippen LogP) is 3.20. The van der Waals surface area contributed by atoms with Gasteiger partial charge in [-0.25, -0.2) is 4.39 Å². The van der Waals surface area contributed by atoms with Gasteiger partial charge in [0.15, 0.2) is 0 Å². The lowest BCUT2D eigenvalue weighted by Gasteiger charge is -2.03. The molecule has 1 aromatic carbocycles. The lowest BCUT2D eigenvalue weighted by molar-refractivity contribution is 0.415. The monoisotopic (exact) mass is 206 g/mol. The summed E-state index contributed by atoms with van der Waals surface area (Å²) in [5.41, 5.74) is 0.568. The molecule has 1 aliphatic heterocycles. The first-order chi connectivity index (χ1) is 5.70. The van der Waals surface area contributed by atoms with Crippen LogP contribution in [0.3, 0.4) is 0 Å². The number of hydrogen-bond acceptors (Lipinski definition) is 1. The molecule has 0 aromatic heterocycles. The lowest BCUT2D eigenvalue weighted by atomic mass is 10.1. The Hall–Kier alpha value is -0.310. The average Bonchev–Trinajstić information content (AvgIpc) is 2.81. The first-order valence-corrected chi connectivity index (χ1v) is 4.20. The standard InChI is InChI=1S/C8H5Cl2FO/c9-4-1-2-5(11)8(10)7(4)6-3-12-6/h1-2,6H,3H2. The zero-order chi connectivity index (χ0) is 8.72. The highest BCUT2D eigenvalue weighted by Crippen LogP contribution is 2.40. The topological polar surface area (TPSA) is 12.5 Å². The van der Waals surface area contributed by atoms with E-state index >= 15 is 0 Å². The molecule has 2 rings (SSSR count). The van der Waals surface area contributed by atoms with Crippen molar-refractivity contribution < 1.29 is 9.13 Å². The summed E-state index contributed by atoms with van der Waals surface area (Å²) in [6.07, 6.45) is -0.110. The lowest BCUT2D eigenvalue weighted by Crippen LogP contribution is -1.88. The van der Waals surface area contributed by atoms with Gasteiger partial charge in [0.2, 0.25) is 0 Å². The molecular weight excluding hydrogens is 202 g/mol. The summed E-state index contributed by atoms with van der Waals surface area (Å²) in [6, 6.07) is 2.73. The van der Waals surface area contributed by atoms with Crippen LogP contribution in [0.15, 0.2) is 12.1 Å². The molecule has 64 valence electrons. The number of hydrogen-bond donors (Lipinski definition) is 0. The van der Waals surface area contributed by atoms with Gasteiger partial charge in [-0.05, 0) is 12.1 Å².